The van der Waals surface area contributed by atoms with Gasteiger partial charge < -0.3 is 16.2 Å². The van der Waals surface area contributed by atoms with Crippen LogP contribution in [-0.4, -0.2) is 39.8 Å². The lowest BCUT2D eigenvalue weighted by Crippen LogP contribution is -2.56. The number of aliphatic hydroxyl groups is 1. The van der Waals surface area contributed by atoms with Crippen LogP contribution in [0.15, 0.2) is 48.5 Å². The number of nitrogens with two attached hydrogens (primary N) is 1. The summed E-state index contributed by atoms with van der Waals surface area (Å²) >= 11 is 0. The summed E-state index contributed by atoms with van der Waals surface area (Å²) in [6.45, 7) is 1.35. The fourth-order valence-electron chi connectivity index (χ4n) is 3.81. The number of halogens is 2. The molecule has 1 aliphatic heterocycles. The number of hydrogen-bond acceptors (Lipinski definition) is 5. The first-order chi connectivity index (χ1) is 15.2. The summed E-state index contributed by atoms with van der Waals surface area (Å²) in [4.78, 5) is 39.6. The van der Waals surface area contributed by atoms with Crippen molar-refractivity contribution >= 4 is 17.7 Å². The van der Waals surface area contributed by atoms with Gasteiger partial charge in [0.2, 0.25) is 11.8 Å². The van der Waals surface area contributed by atoms with E-state index in [1.807, 2.05) is 30.3 Å². The summed E-state index contributed by atoms with van der Waals surface area (Å²) < 4.78 is 27.2. The third-order valence-electron chi connectivity index (χ3n) is 5.40. The Balaban J connectivity index is 1.90. The number of imide groups is 1. The van der Waals surface area contributed by atoms with E-state index in [0.29, 0.717) is 23.8 Å². The number of nitrogens with one attached hydrogen (secondary N) is 1. The summed E-state index contributed by atoms with van der Waals surface area (Å²) in [6.07, 6.45) is -0.810. The zero-order valence-corrected chi connectivity index (χ0v) is 17.5. The second-order valence-electron chi connectivity index (χ2n) is 7.86. The molecular weight excluding hydrogens is 420 g/mol. The Morgan fingerprint density at radius 1 is 1.09 bits per heavy atom. The number of carbonyl (C=O) groups excluding carboxylic acids is 3. The molecule has 4 N–H and O–H groups in total. The summed E-state index contributed by atoms with van der Waals surface area (Å²) in [5.41, 5.74) is 6.21. The average Bonchev–Trinajstić information content (AvgIpc) is 2.95. The molecule has 0 unspecified atom stereocenters. The molecule has 2 aromatic carbocycles. The van der Waals surface area contributed by atoms with Gasteiger partial charge in [-0.3, -0.25) is 19.3 Å². The first kappa shape index (κ1) is 23.5. The Labute approximate surface area is 184 Å². The topological polar surface area (TPSA) is 113 Å². The van der Waals surface area contributed by atoms with E-state index >= 15 is 0 Å². The van der Waals surface area contributed by atoms with Crippen LogP contribution in [0, 0.1) is 11.6 Å². The van der Waals surface area contributed by atoms with Gasteiger partial charge in [-0.25, -0.2) is 8.78 Å². The zero-order chi connectivity index (χ0) is 23.4. The van der Waals surface area contributed by atoms with Gasteiger partial charge in [0.1, 0.15) is 17.7 Å². The predicted octanol–water partition coefficient (Wildman–Crippen LogP) is 2.11. The normalized spacial score (nSPS) is 20.6. The number of hydrogen-bond donors (Lipinski definition) is 3. The highest BCUT2D eigenvalue weighted by Gasteiger charge is 2.40. The third-order valence-corrected chi connectivity index (χ3v) is 5.40. The van der Waals surface area contributed by atoms with E-state index in [9.17, 15) is 28.3 Å². The van der Waals surface area contributed by atoms with E-state index in [-0.39, 0.29) is 18.0 Å². The van der Waals surface area contributed by atoms with Gasteiger partial charge in [-0.15, -0.1) is 0 Å². The SMILES string of the molecule is C[C@H](N)C(=O)N(C(=O)[C@H](O)c1cc(F)cc(F)c1)[C@H]1CCC[C@H](c2ccccc2)NC1=O. The molecule has 3 amide bonds. The van der Waals surface area contributed by atoms with E-state index in [1.54, 1.807) is 0 Å². The first-order valence-electron chi connectivity index (χ1n) is 10.3. The molecule has 170 valence electrons. The Bertz CT molecular complexity index is 980. The van der Waals surface area contributed by atoms with Gasteiger partial charge in [0, 0.05) is 6.07 Å². The van der Waals surface area contributed by atoms with Gasteiger partial charge in [-0.05, 0) is 49.4 Å². The Morgan fingerprint density at radius 3 is 2.31 bits per heavy atom. The average molecular weight is 445 g/mol. The molecule has 0 aliphatic carbocycles. The highest BCUT2D eigenvalue weighted by Crippen LogP contribution is 2.27. The van der Waals surface area contributed by atoms with Crippen molar-refractivity contribution in [1.82, 2.24) is 10.2 Å². The Morgan fingerprint density at radius 2 is 1.72 bits per heavy atom. The lowest BCUT2D eigenvalue weighted by atomic mass is 10.0. The maximum absolute atomic E-state index is 13.6. The van der Waals surface area contributed by atoms with Gasteiger partial charge in [-0.1, -0.05) is 30.3 Å². The zero-order valence-electron chi connectivity index (χ0n) is 17.5. The number of rotatable bonds is 5. The summed E-state index contributed by atoms with van der Waals surface area (Å²) in [6, 6.07) is 8.76. The molecule has 1 fully saturated rings. The van der Waals surface area contributed by atoms with E-state index in [1.165, 1.54) is 6.92 Å². The van der Waals surface area contributed by atoms with Gasteiger partial charge in [0.15, 0.2) is 6.10 Å². The molecule has 0 aromatic heterocycles. The second kappa shape index (κ2) is 9.97. The molecule has 4 atom stereocenters. The first-order valence-corrected chi connectivity index (χ1v) is 10.3. The molecule has 7 nitrogen and oxygen atoms in total. The molecule has 0 spiro atoms. The summed E-state index contributed by atoms with van der Waals surface area (Å²) in [7, 11) is 0. The van der Waals surface area contributed by atoms with Crippen molar-refractivity contribution in [1.29, 1.82) is 0 Å². The largest absolute Gasteiger partial charge is 0.378 e. The van der Waals surface area contributed by atoms with E-state index in [4.69, 9.17) is 5.73 Å². The molecule has 1 saturated heterocycles. The molecule has 1 heterocycles. The van der Waals surface area contributed by atoms with Gasteiger partial charge in [0.25, 0.3) is 5.91 Å². The van der Waals surface area contributed by atoms with Crippen LogP contribution in [0.5, 0.6) is 0 Å². The van der Waals surface area contributed by atoms with Crippen LogP contribution >= 0.6 is 0 Å². The van der Waals surface area contributed by atoms with Crippen LogP contribution < -0.4 is 11.1 Å². The molecule has 0 saturated carbocycles. The highest BCUT2D eigenvalue weighted by atomic mass is 19.1. The second-order valence-corrected chi connectivity index (χ2v) is 7.86. The molecule has 3 rings (SSSR count). The minimum atomic E-state index is -2.05. The van der Waals surface area contributed by atoms with Gasteiger partial charge in [-0.2, -0.15) is 0 Å². The summed E-state index contributed by atoms with van der Waals surface area (Å²) in [5.74, 6) is -4.60. The number of amides is 3. The molecule has 9 heteroatoms. The number of nitrogens with zero attached hydrogens (tertiary/aromatic N) is 1. The van der Waals surface area contributed by atoms with E-state index in [0.717, 1.165) is 17.7 Å². The van der Waals surface area contributed by atoms with Crippen molar-refractivity contribution < 1.29 is 28.3 Å². The van der Waals surface area contributed by atoms with Crippen molar-refractivity contribution in [3.05, 3.63) is 71.3 Å². The third kappa shape index (κ3) is 5.17. The molecular formula is C23H25F2N3O4. The minimum Gasteiger partial charge on any atom is -0.378 e. The van der Waals surface area contributed by atoms with Crippen LogP contribution in [0.3, 0.4) is 0 Å². The van der Waals surface area contributed by atoms with Crippen molar-refractivity contribution in [2.45, 2.75) is 50.4 Å². The standard InChI is InChI=1S/C23H25F2N3O4/c1-13(26)22(31)28(23(32)20(29)15-10-16(24)12-17(25)11-15)19-9-5-8-18(27-21(19)30)14-6-3-2-4-7-14/h2-4,6-7,10-13,18-20,29H,5,8-9,26H2,1H3,(H,27,30)/t13-,18+,19-,20+/m0/s1. The smallest absolute Gasteiger partial charge is 0.263 e. The Hall–Kier alpha value is -3.17. The van der Waals surface area contributed by atoms with Crippen LogP contribution in [0.1, 0.15) is 49.5 Å². The van der Waals surface area contributed by atoms with Crippen LogP contribution in [0.25, 0.3) is 0 Å². The lowest BCUT2D eigenvalue weighted by Gasteiger charge is -2.31. The maximum Gasteiger partial charge on any atom is 0.263 e. The van der Waals surface area contributed by atoms with Crippen molar-refractivity contribution in [3.63, 3.8) is 0 Å². The maximum atomic E-state index is 13.6. The van der Waals surface area contributed by atoms with Crippen molar-refractivity contribution in [3.8, 4) is 0 Å². The fourth-order valence-corrected chi connectivity index (χ4v) is 3.81. The molecule has 32 heavy (non-hydrogen) atoms. The minimum absolute atomic E-state index is 0.156. The van der Waals surface area contributed by atoms with Crippen LogP contribution in [-0.2, 0) is 14.4 Å². The molecule has 0 bridgehead atoms. The van der Waals surface area contributed by atoms with E-state index in [2.05, 4.69) is 5.32 Å². The number of benzene rings is 2. The van der Waals surface area contributed by atoms with Crippen molar-refractivity contribution in [2.24, 2.45) is 5.73 Å². The number of aliphatic hydroxyl groups excluding tert-OH is 1. The van der Waals surface area contributed by atoms with E-state index < -0.39 is 47.5 Å². The predicted molar refractivity (Wildman–Crippen MR) is 112 cm³/mol. The molecule has 1 aliphatic rings. The van der Waals surface area contributed by atoms with Gasteiger partial charge >= 0.3 is 0 Å². The molecule has 0 radical (unpaired) electrons. The lowest BCUT2D eigenvalue weighted by molar-refractivity contribution is -0.158. The van der Waals surface area contributed by atoms with Crippen molar-refractivity contribution in [2.75, 3.05) is 0 Å². The fraction of sp³-hybridized carbons (Fsp3) is 0.348. The monoisotopic (exact) mass is 445 g/mol. The van der Waals surface area contributed by atoms with Gasteiger partial charge in [0.05, 0.1) is 12.1 Å². The van der Waals surface area contributed by atoms with Crippen LogP contribution in [0.2, 0.25) is 0 Å². The highest BCUT2D eigenvalue weighted by molar-refractivity contribution is 6.03. The Kier molecular flexibility index (Phi) is 7.32. The quantitative estimate of drug-likeness (QED) is 0.653. The van der Waals surface area contributed by atoms with Crippen LogP contribution in [0.4, 0.5) is 8.78 Å². The molecule has 2 aromatic rings. The summed E-state index contributed by atoms with van der Waals surface area (Å²) in [5, 5.41) is 13.4. The number of carbonyl (C=O) groups is 3.